The van der Waals surface area contributed by atoms with Crippen LogP contribution in [0.15, 0.2) is 53.8 Å². The molecule has 6 nitrogen and oxygen atoms in total. The Morgan fingerprint density at radius 1 is 1.33 bits per heavy atom. The van der Waals surface area contributed by atoms with E-state index in [1.807, 2.05) is 12.1 Å². The van der Waals surface area contributed by atoms with Gasteiger partial charge in [0, 0.05) is 6.20 Å². The second-order valence-corrected chi connectivity index (χ2v) is 3.94. The largest absolute Gasteiger partial charge is 0.482 e. The highest BCUT2D eigenvalue weighted by molar-refractivity contribution is 5.81. The molecule has 21 heavy (non-hydrogen) atoms. The number of pyridine rings is 1. The van der Waals surface area contributed by atoms with Crippen LogP contribution in [-0.4, -0.2) is 23.7 Å². The van der Waals surface area contributed by atoms with Crippen LogP contribution in [-0.2, 0) is 4.79 Å². The quantitative estimate of drug-likeness (QED) is 0.664. The topological polar surface area (TPSA) is 87.4 Å². The van der Waals surface area contributed by atoms with Crippen LogP contribution in [0.4, 0.5) is 0 Å². The lowest BCUT2D eigenvalue weighted by atomic mass is 10.2. The van der Waals surface area contributed by atoms with Gasteiger partial charge in [0.05, 0.1) is 17.5 Å². The molecule has 2 aromatic rings. The molecule has 1 amide bonds. The maximum Gasteiger partial charge on any atom is 0.277 e. The summed E-state index contributed by atoms with van der Waals surface area (Å²) >= 11 is 0. The Hall–Kier alpha value is -3.20. The summed E-state index contributed by atoms with van der Waals surface area (Å²) in [6.07, 6.45) is 3.06. The molecule has 1 aromatic heterocycles. The molecule has 1 heterocycles. The van der Waals surface area contributed by atoms with E-state index in [0.29, 0.717) is 17.0 Å². The number of carbonyl (C=O) groups is 1. The zero-order valence-corrected chi connectivity index (χ0v) is 11.1. The lowest BCUT2D eigenvalue weighted by molar-refractivity contribution is -0.123. The van der Waals surface area contributed by atoms with Crippen molar-refractivity contribution in [3.8, 4) is 11.8 Å². The number of rotatable bonds is 5. The van der Waals surface area contributed by atoms with E-state index in [0.717, 1.165) is 0 Å². The molecule has 6 heteroatoms. The van der Waals surface area contributed by atoms with Gasteiger partial charge in [0.15, 0.2) is 6.61 Å². The average molecular weight is 280 g/mol. The summed E-state index contributed by atoms with van der Waals surface area (Å²) < 4.78 is 5.27. The number of hydrogen-bond acceptors (Lipinski definition) is 5. The van der Waals surface area contributed by atoms with Crippen molar-refractivity contribution in [2.24, 2.45) is 5.10 Å². The number of nitrogens with one attached hydrogen (secondary N) is 1. The lowest BCUT2D eigenvalue weighted by Gasteiger charge is -2.05. The molecule has 0 fully saturated rings. The predicted octanol–water partition coefficient (Wildman–Crippen LogP) is 1.48. The number of aromatic nitrogens is 1. The van der Waals surface area contributed by atoms with E-state index in [-0.39, 0.29) is 6.61 Å². The zero-order valence-electron chi connectivity index (χ0n) is 11.1. The van der Waals surface area contributed by atoms with Crippen LogP contribution >= 0.6 is 0 Å². The lowest BCUT2D eigenvalue weighted by Crippen LogP contribution is -2.24. The standard InChI is InChI=1S/C15H12N4O2/c16-9-12-5-1-2-7-14(12)21-11-15(20)19-18-10-13-6-3-4-8-17-13/h1-8,10H,11H2,(H,19,20)/b18-10-. The first-order valence-corrected chi connectivity index (χ1v) is 6.14. The number of para-hydroxylation sites is 1. The monoisotopic (exact) mass is 280 g/mol. The third-order valence-corrected chi connectivity index (χ3v) is 2.44. The maximum atomic E-state index is 11.6. The van der Waals surface area contributed by atoms with E-state index in [9.17, 15) is 4.79 Å². The fourth-order valence-corrected chi connectivity index (χ4v) is 1.48. The Morgan fingerprint density at radius 3 is 2.90 bits per heavy atom. The third-order valence-electron chi connectivity index (χ3n) is 2.44. The molecule has 0 saturated heterocycles. The Labute approximate surface area is 121 Å². The summed E-state index contributed by atoms with van der Waals surface area (Å²) in [5.41, 5.74) is 3.33. The molecule has 0 radical (unpaired) electrons. The summed E-state index contributed by atoms with van der Waals surface area (Å²) in [5, 5.41) is 12.7. The highest BCUT2D eigenvalue weighted by Gasteiger charge is 2.05. The number of hydrazone groups is 1. The molecular weight excluding hydrogens is 268 g/mol. The molecule has 0 saturated carbocycles. The van der Waals surface area contributed by atoms with Gasteiger partial charge in [-0.1, -0.05) is 18.2 Å². The van der Waals surface area contributed by atoms with Crippen molar-refractivity contribution in [1.29, 1.82) is 5.26 Å². The van der Waals surface area contributed by atoms with Gasteiger partial charge < -0.3 is 4.74 Å². The van der Waals surface area contributed by atoms with Gasteiger partial charge >= 0.3 is 0 Å². The van der Waals surface area contributed by atoms with Crippen LogP contribution in [0.2, 0.25) is 0 Å². The fraction of sp³-hybridized carbons (Fsp3) is 0.0667. The van der Waals surface area contributed by atoms with Crippen molar-refractivity contribution in [3.05, 3.63) is 59.9 Å². The Kier molecular flexibility index (Phi) is 5.01. The molecular formula is C15H12N4O2. The normalized spacial score (nSPS) is 10.0. The van der Waals surface area contributed by atoms with Gasteiger partial charge in [0.1, 0.15) is 11.8 Å². The molecule has 0 unspecified atom stereocenters. The van der Waals surface area contributed by atoms with Gasteiger partial charge in [0.25, 0.3) is 5.91 Å². The molecule has 0 aliphatic heterocycles. The number of hydrogen-bond donors (Lipinski definition) is 1. The smallest absolute Gasteiger partial charge is 0.277 e. The summed E-state index contributed by atoms with van der Waals surface area (Å²) in [6, 6.07) is 14.1. The van der Waals surface area contributed by atoms with Gasteiger partial charge in [-0.15, -0.1) is 0 Å². The Balaban J connectivity index is 1.83. The Morgan fingerprint density at radius 2 is 2.14 bits per heavy atom. The first-order valence-electron chi connectivity index (χ1n) is 6.14. The average Bonchev–Trinajstić information content (AvgIpc) is 2.54. The van der Waals surface area contributed by atoms with Gasteiger partial charge in [-0.05, 0) is 24.3 Å². The molecule has 0 aliphatic carbocycles. The van der Waals surface area contributed by atoms with Crippen LogP contribution < -0.4 is 10.2 Å². The van der Waals surface area contributed by atoms with Crippen molar-refractivity contribution in [2.75, 3.05) is 6.61 Å². The van der Waals surface area contributed by atoms with Crippen molar-refractivity contribution in [2.45, 2.75) is 0 Å². The minimum absolute atomic E-state index is 0.224. The van der Waals surface area contributed by atoms with Crippen molar-refractivity contribution >= 4 is 12.1 Å². The molecule has 0 spiro atoms. The van der Waals surface area contributed by atoms with E-state index in [1.165, 1.54) is 6.21 Å². The predicted molar refractivity (Wildman–Crippen MR) is 76.6 cm³/mol. The molecule has 2 rings (SSSR count). The first-order chi connectivity index (χ1) is 10.3. The van der Waals surface area contributed by atoms with Gasteiger partial charge in [-0.2, -0.15) is 10.4 Å². The molecule has 0 atom stereocenters. The summed E-state index contributed by atoms with van der Waals surface area (Å²) in [6.45, 7) is -0.224. The SMILES string of the molecule is N#Cc1ccccc1OCC(=O)N/N=C\c1ccccn1. The number of benzene rings is 1. The molecule has 104 valence electrons. The van der Waals surface area contributed by atoms with E-state index in [1.54, 1.807) is 42.6 Å². The van der Waals surface area contributed by atoms with Crippen LogP contribution in [0.5, 0.6) is 5.75 Å². The maximum absolute atomic E-state index is 11.6. The van der Waals surface area contributed by atoms with E-state index < -0.39 is 5.91 Å². The van der Waals surface area contributed by atoms with Gasteiger partial charge in [-0.3, -0.25) is 9.78 Å². The van der Waals surface area contributed by atoms with Crippen LogP contribution in [0.1, 0.15) is 11.3 Å². The number of nitriles is 1. The second kappa shape index (κ2) is 7.40. The van der Waals surface area contributed by atoms with Crippen molar-refractivity contribution in [1.82, 2.24) is 10.4 Å². The summed E-state index contributed by atoms with van der Waals surface area (Å²) in [7, 11) is 0. The van der Waals surface area contributed by atoms with Gasteiger partial charge in [-0.25, -0.2) is 5.43 Å². The molecule has 1 N–H and O–H groups in total. The molecule has 0 aliphatic rings. The number of ether oxygens (including phenoxy) is 1. The first kappa shape index (κ1) is 14.2. The van der Waals surface area contributed by atoms with Gasteiger partial charge in [0.2, 0.25) is 0 Å². The second-order valence-electron chi connectivity index (χ2n) is 3.94. The summed E-state index contributed by atoms with van der Waals surface area (Å²) in [4.78, 5) is 15.6. The van der Waals surface area contributed by atoms with Crippen LogP contribution in [0, 0.1) is 11.3 Å². The van der Waals surface area contributed by atoms with E-state index >= 15 is 0 Å². The Bertz CT molecular complexity index is 678. The number of nitrogens with zero attached hydrogens (tertiary/aromatic N) is 3. The molecule has 1 aromatic carbocycles. The molecule has 0 bridgehead atoms. The van der Waals surface area contributed by atoms with E-state index in [2.05, 4.69) is 15.5 Å². The summed E-state index contributed by atoms with van der Waals surface area (Å²) in [5.74, 6) is -0.0567. The minimum Gasteiger partial charge on any atom is -0.482 e. The van der Waals surface area contributed by atoms with Crippen LogP contribution in [0.3, 0.4) is 0 Å². The highest BCUT2D eigenvalue weighted by Crippen LogP contribution is 2.15. The fourth-order valence-electron chi connectivity index (χ4n) is 1.48. The third kappa shape index (κ3) is 4.44. The van der Waals surface area contributed by atoms with Crippen molar-refractivity contribution in [3.63, 3.8) is 0 Å². The van der Waals surface area contributed by atoms with Crippen LogP contribution in [0.25, 0.3) is 0 Å². The minimum atomic E-state index is -0.421. The van der Waals surface area contributed by atoms with E-state index in [4.69, 9.17) is 10.00 Å². The number of amides is 1. The zero-order chi connectivity index (χ0) is 14.9. The van der Waals surface area contributed by atoms with Crippen molar-refractivity contribution < 1.29 is 9.53 Å². The highest BCUT2D eigenvalue weighted by atomic mass is 16.5. The number of carbonyl (C=O) groups excluding carboxylic acids is 1.